The number of aromatic nitrogens is 2. The van der Waals surface area contributed by atoms with E-state index in [-0.39, 0.29) is 12.5 Å². The lowest BCUT2D eigenvalue weighted by Crippen LogP contribution is -2.25. The zero-order chi connectivity index (χ0) is 8.55. The first-order chi connectivity index (χ1) is 5.75. The van der Waals surface area contributed by atoms with Crippen molar-refractivity contribution in [3.8, 4) is 0 Å². The molecule has 1 aromatic rings. The molecular weight excluding hydrogens is 156 g/mol. The summed E-state index contributed by atoms with van der Waals surface area (Å²) in [4.78, 5) is 11.0. The van der Waals surface area contributed by atoms with Crippen molar-refractivity contribution in [3.05, 3.63) is 11.8 Å². The third-order valence-corrected chi connectivity index (χ3v) is 1.88. The molecule has 0 aromatic carbocycles. The molecular formula is C7H10N4O. The van der Waals surface area contributed by atoms with Crippen LogP contribution in [0.25, 0.3) is 0 Å². The highest BCUT2D eigenvalue weighted by atomic mass is 16.2. The Hall–Kier alpha value is -1.52. The summed E-state index contributed by atoms with van der Waals surface area (Å²) in [7, 11) is 0. The first kappa shape index (κ1) is 7.15. The molecule has 64 valence electrons. The number of nitrogen functional groups attached to an aromatic ring is 1. The third-order valence-electron chi connectivity index (χ3n) is 1.88. The molecule has 2 heterocycles. The molecule has 0 atom stereocenters. The van der Waals surface area contributed by atoms with Crippen LogP contribution in [0, 0.1) is 0 Å². The molecule has 12 heavy (non-hydrogen) atoms. The van der Waals surface area contributed by atoms with Crippen molar-refractivity contribution in [2.45, 2.75) is 13.0 Å². The van der Waals surface area contributed by atoms with Gasteiger partial charge in [-0.05, 0) is 0 Å². The highest BCUT2D eigenvalue weighted by Gasteiger charge is 2.13. The number of hydrogen-bond acceptors (Lipinski definition) is 3. The van der Waals surface area contributed by atoms with Crippen molar-refractivity contribution >= 4 is 11.7 Å². The van der Waals surface area contributed by atoms with Gasteiger partial charge in [-0.25, -0.2) is 0 Å². The molecule has 0 saturated heterocycles. The zero-order valence-corrected chi connectivity index (χ0v) is 6.58. The number of nitrogens with one attached hydrogen (secondary N) is 1. The Morgan fingerprint density at radius 3 is 3.33 bits per heavy atom. The van der Waals surface area contributed by atoms with Gasteiger partial charge in [0.15, 0.2) is 0 Å². The third kappa shape index (κ3) is 1.13. The van der Waals surface area contributed by atoms with Crippen molar-refractivity contribution in [1.29, 1.82) is 0 Å². The monoisotopic (exact) mass is 166 g/mol. The van der Waals surface area contributed by atoms with Crippen LogP contribution in [-0.4, -0.2) is 22.2 Å². The second-order valence-corrected chi connectivity index (χ2v) is 2.82. The molecule has 0 aliphatic carbocycles. The normalized spacial score (nSPS) is 16.5. The molecule has 3 N–H and O–H groups in total. The number of carbonyl (C=O) groups is 1. The number of nitrogens with two attached hydrogens (primary N) is 1. The average Bonchev–Trinajstić information content (AvgIpc) is 2.23. The Bertz CT molecular complexity index is 317. The van der Waals surface area contributed by atoms with E-state index < -0.39 is 0 Å². The molecule has 5 heteroatoms. The predicted molar refractivity (Wildman–Crippen MR) is 43.4 cm³/mol. The van der Waals surface area contributed by atoms with Gasteiger partial charge in [-0.15, -0.1) is 0 Å². The van der Waals surface area contributed by atoms with Crippen LogP contribution >= 0.6 is 0 Å². The number of carbonyl (C=O) groups excluding carboxylic acids is 1. The summed E-state index contributed by atoms with van der Waals surface area (Å²) in [6, 6.07) is 1.81. The maximum atomic E-state index is 11.0. The summed E-state index contributed by atoms with van der Waals surface area (Å²) >= 11 is 0. The van der Waals surface area contributed by atoms with E-state index in [1.54, 1.807) is 10.7 Å². The summed E-state index contributed by atoms with van der Waals surface area (Å²) in [5, 5.41) is 6.75. The van der Waals surface area contributed by atoms with Crippen LogP contribution in [0.4, 0.5) is 5.82 Å². The summed E-state index contributed by atoms with van der Waals surface area (Å²) < 4.78 is 1.65. The molecule has 0 unspecified atom stereocenters. The van der Waals surface area contributed by atoms with Gasteiger partial charge in [0.25, 0.3) is 0 Å². The Labute approximate surface area is 69.5 Å². The number of fused-ring (bicyclic) bond motifs is 1. The highest BCUT2D eigenvalue weighted by Crippen LogP contribution is 2.08. The van der Waals surface area contributed by atoms with Crippen LogP contribution in [-0.2, 0) is 17.8 Å². The van der Waals surface area contributed by atoms with Gasteiger partial charge in [-0.3, -0.25) is 9.48 Å². The minimum absolute atomic E-state index is 0.00292. The molecule has 2 rings (SSSR count). The van der Waals surface area contributed by atoms with E-state index in [1.807, 2.05) is 0 Å². The van der Waals surface area contributed by atoms with Crippen LogP contribution in [0.5, 0.6) is 0 Å². The van der Waals surface area contributed by atoms with E-state index in [9.17, 15) is 4.79 Å². The van der Waals surface area contributed by atoms with Crippen molar-refractivity contribution in [2.75, 3.05) is 12.3 Å². The molecule has 0 radical (unpaired) electrons. The second kappa shape index (κ2) is 2.51. The SMILES string of the molecule is Nc1cc2n(n1)CC(=O)NCC2. The standard InChI is InChI=1S/C7H10N4O/c8-6-3-5-1-2-9-7(12)4-11(5)10-6/h3H,1-2,4H2,(H2,8,10)(H,9,12). The van der Waals surface area contributed by atoms with Gasteiger partial charge in [0.05, 0.1) is 0 Å². The quantitative estimate of drug-likeness (QED) is 0.526. The number of nitrogens with zero attached hydrogens (tertiary/aromatic N) is 2. The first-order valence-electron chi connectivity index (χ1n) is 3.84. The summed E-state index contributed by atoms with van der Waals surface area (Å²) in [6.07, 6.45) is 0.802. The van der Waals surface area contributed by atoms with E-state index in [4.69, 9.17) is 5.73 Å². The summed E-state index contributed by atoms with van der Waals surface area (Å²) in [5.74, 6) is 0.483. The second-order valence-electron chi connectivity index (χ2n) is 2.82. The lowest BCUT2D eigenvalue weighted by molar-refractivity contribution is -0.121. The minimum Gasteiger partial charge on any atom is -0.382 e. The van der Waals surface area contributed by atoms with Crippen LogP contribution in [0.1, 0.15) is 5.69 Å². The van der Waals surface area contributed by atoms with E-state index in [0.717, 1.165) is 12.1 Å². The van der Waals surface area contributed by atoms with Gasteiger partial charge in [0.1, 0.15) is 12.4 Å². The molecule has 0 fully saturated rings. The fourth-order valence-corrected chi connectivity index (χ4v) is 1.34. The molecule has 0 bridgehead atoms. The topological polar surface area (TPSA) is 72.9 Å². The first-order valence-corrected chi connectivity index (χ1v) is 3.84. The highest BCUT2D eigenvalue weighted by molar-refractivity contribution is 5.76. The van der Waals surface area contributed by atoms with Crippen LogP contribution in [0.15, 0.2) is 6.07 Å². The Morgan fingerprint density at radius 2 is 2.50 bits per heavy atom. The van der Waals surface area contributed by atoms with Gasteiger partial charge in [0, 0.05) is 24.7 Å². The zero-order valence-electron chi connectivity index (χ0n) is 6.58. The summed E-state index contributed by atoms with van der Waals surface area (Å²) in [6.45, 7) is 0.955. The number of rotatable bonds is 0. The van der Waals surface area contributed by atoms with E-state index >= 15 is 0 Å². The van der Waals surface area contributed by atoms with Gasteiger partial charge in [-0.1, -0.05) is 0 Å². The average molecular weight is 166 g/mol. The molecule has 1 amide bonds. The van der Waals surface area contributed by atoms with E-state index in [1.165, 1.54) is 0 Å². The molecule has 0 saturated carbocycles. The van der Waals surface area contributed by atoms with Crippen LogP contribution < -0.4 is 11.1 Å². The molecule has 0 spiro atoms. The number of hydrogen-bond donors (Lipinski definition) is 2. The Kier molecular flexibility index (Phi) is 1.49. The van der Waals surface area contributed by atoms with Crippen molar-refractivity contribution < 1.29 is 4.79 Å². The molecule has 1 aliphatic heterocycles. The fraction of sp³-hybridized carbons (Fsp3) is 0.429. The fourth-order valence-electron chi connectivity index (χ4n) is 1.34. The molecule has 1 aliphatic rings. The van der Waals surface area contributed by atoms with Gasteiger partial charge >= 0.3 is 0 Å². The smallest absolute Gasteiger partial charge is 0.241 e. The lowest BCUT2D eigenvalue weighted by atomic mass is 10.3. The van der Waals surface area contributed by atoms with Crippen molar-refractivity contribution in [3.63, 3.8) is 0 Å². The number of anilines is 1. The van der Waals surface area contributed by atoms with Gasteiger partial charge in [0.2, 0.25) is 5.91 Å². The van der Waals surface area contributed by atoms with Gasteiger partial charge < -0.3 is 11.1 Å². The van der Waals surface area contributed by atoms with Crippen LogP contribution in [0.3, 0.4) is 0 Å². The van der Waals surface area contributed by atoms with Crippen molar-refractivity contribution in [2.24, 2.45) is 0 Å². The maximum absolute atomic E-state index is 11.0. The van der Waals surface area contributed by atoms with E-state index in [0.29, 0.717) is 12.4 Å². The maximum Gasteiger partial charge on any atom is 0.241 e. The Morgan fingerprint density at radius 1 is 1.67 bits per heavy atom. The predicted octanol–water partition coefficient (Wildman–Crippen LogP) is -0.862. The molecule has 1 aromatic heterocycles. The van der Waals surface area contributed by atoms with Crippen LogP contribution in [0.2, 0.25) is 0 Å². The van der Waals surface area contributed by atoms with Crippen molar-refractivity contribution in [1.82, 2.24) is 15.1 Å². The van der Waals surface area contributed by atoms with Gasteiger partial charge in [-0.2, -0.15) is 5.10 Å². The lowest BCUT2D eigenvalue weighted by Gasteiger charge is -1.97. The molecule has 5 nitrogen and oxygen atoms in total. The largest absolute Gasteiger partial charge is 0.382 e. The Balaban J connectivity index is 2.36. The minimum atomic E-state index is -0.00292. The summed E-state index contributed by atoms with van der Waals surface area (Å²) in [5.41, 5.74) is 6.51. The number of amides is 1. The van der Waals surface area contributed by atoms with E-state index in [2.05, 4.69) is 10.4 Å².